The highest BCUT2D eigenvalue weighted by Gasteiger charge is 2.45. The number of hydrogen-bond donors (Lipinski definition) is 1. The molecule has 0 bridgehead atoms. The van der Waals surface area contributed by atoms with Crippen LogP contribution < -0.4 is 4.74 Å². The molecule has 2 unspecified atom stereocenters. The van der Waals surface area contributed by atoms with E-state index >= 15 is 0 Å². The van der Waals surface area contributed by atoms with Crippen molar-refractivity contribution in [2.45, 2.75) is 18.9 Å². The Morgan fingerprint density at radius 3 is 2.61 bits per heavy atom. The number of rotatable bonds is 6. The molecule has 0 aromatic heterocycles. The van der Waals surface area contributed by atoms with E-state index in [1.165, 1.54) is 5.56 Å². The molecular formula is C14H19NO3. The number of carboxylic acids is 1. The van der Waals surface area contributed by atoms with Gasteiger partial charge in [0.25, 0.3) is 0 Å². The molecule has 0 amide bonds. The van der Waals surface area contributed by atoms with Gasteiger partial charge in [-0.2, -0.15) is 0 Å². The summed E-state index contributed by atoms with van der Waals surface area (Å²) >= 11 is 0. The molecule has 1 N–H and O–H groups in total. The number of likely N-dealkylation sites (N-methyl/N-ethyl adjacent to an activating group) is 1. The largest absolute Gasteiger partial charge is 0.497 e. The minimum atomic E-state index is -0.670. The first-order chi connectivity index (χ1) is 8.61. The van der Waals surface area contributed by atoms with Crippen LogP contribution in [0.5, 0.6) is 5.75 Å². The van der Waals surface area contributed by atoms with Gasteiger partial charge in [0.05, 0.1) is 13.0 Å². The second-order valence-corrected chi connectivity index (χ2v) is 4.83. The maximum absolute atomic E-state index is 10.8. The lowest BCUT2D eigenvalue weighted by molar-refractivity contribution is -0.138. The third-order valence-corrected chi connectivity index (χ3v) is 3.55. The highest BCUT2D eigenvalue weighted by Crippen LogP contribution is 2.35. The summed E-state index contributed by atoms with van der Waals surface area (Å²) in [7, 11) is 3.65. The van der Waals surface area contributed by atoms with E-state index in [9.17, 15) is 4.79 Å². The molecule has 4 nitrogen and oxygen atoms in total. The molecule has 98 valence electrons. The van der Waals surface area contributed by atoms with Crippen molar-refractivity contribution in [3.8, 4) is 5.75 Å². The lowest BCUT2D eigenvalue weighted by Gasteiger charge is -2.16. The molecule has 1 aliphatic rings. The molecule has 0 heterocycles. The fraction of sp³-hybridized carbons (Fsp3) is 0.500. The molecule has 1 aliphatic carbocycles. The van der Waals surface area contributed by atoms with E-state index in [-0.39, 0.29) is 12.0 Å². The number of carboxylic acid groups (broad SMARTS) is 1. The summed E-state index contributed by atoms with van der Waals surface area (Å²) in [6, 6.07) is 8.22. The average molecular weight is 249 g/mol. The Balaban J connectivity index is 1.79. The van der Waals surface area contributed by atoms with Crippen LogP contribution >= 0.6 is 0 Å². The van der Waals surface area contributed by atoms with Gasteiger partial charge in [0.2, 0.25) is 0 Å². The summed E-state index contributed by atoms with van der Waals surface area (Å²) in [6.07, 6.45) is 1.72. The summed E-state index contributed by atoms with van der Waals surface area (Å²) in [5.74, 6) is 0.0300. The average Bonchev–Trinajstić information content (AvgIpc) is 3.17. The molecule has 4 heteroatoms. The summed E-state index contributed by atoms with van der Waals surface area (Å²) in [5, 5.41) is 8.87. The predicted octanol–water partition coefficient (Wildman–Crippen LogP) is 1.64. The Kier molecular flexibility index (Phi) is 3.87. The topological polar surface area (TPSA) is 49.8 Å². The second kappa shape index (κ2) is 5.40. The number of aliphatic carboxylic acids is 1. The van der Waals surface area contributed by atoms with Crippen molar-refractivity contribution in [3.63, 3.8) is 0 Å². The minimum absolute atomic E-state index is 0.161. The Bertz CT molecular complexity index is 416. The van der Waals surface area contributed by atoms with Crippen molar-refractivity contribution in [3.05, 3.63) is 29.8 Å². The maximum Gasteiger partial charge on any atom is 0.308 e. The first-order valence-electron chi connectivity index (χ1n) is 6.18. The highest BCUT2D eigenvalue weighted by molar-refractivity contribution is 5.74. The third-order valence-electron chi connectivity index (χ3n) is 3.55. The normalized spacial score (nSPS) is 21.9. The molecule has 2 rings (SSSR count). The van der Waals surface area contributed by atoms with E-state index in [2.05, 4.69) is 4.90 Å². The molecule has 2 atom stereocenters. The molecule has 0 aliphatic heterocycles. The van der Waals surface area contributed by atoms with Gasteiger partial charge in [-0.05, 0) is 37.6 Å². The van der Waals surface area contributed by atoms with E-state index in [1.807, 2.05) is 31.3 Å². The van der Waals surface area contributed by atoms with E-state index in [4.69, 9.17) is 9.84 Å². The smallest absolute Gasteiger partial charge is 0.308 e. The van der Waals surface area contributed by atoms with Crippen molar-refractivity contribution in [1.29, 1.82) is 0 Å². The number of hydrogen-bond acceptors (Lipinski definition) is 3. The first kappa shape index (κ1) is 12.9. The fourth-order valence-electron chi connectivity index (χ4n) is 2.20. The van der Waals surface area contributed by atoms with Crippen molar-refractivity contribution in [1.82, 2.24) is 4.90 Å². The molecule has 0 saturated heterocycles. The van der Waals surface area contributed by atoms with E-state index in [1.54, 1.807) is 7.11 Å². The van der Waals surface area contributed by atoms with Crippen molar-refractivity contribution in [2.24, 2.45) is 5.92 Å². The molecule has 1 aromatic carbocycles. The zero-order valence-electron chi connectivity index (χ0n) is 10.8. The molecule has 0 spiro atoms. The fourth-order valence-corrected chi connectivity index (χ4v) is 2.20. The molecule has 1 fully saturated rings. The number of methoxy groups -OCH3 is 1. The highest BCUT2D eigenvalue weighted by atomic mass is 16.5. The SMILES string of the molecule is COc1ccc(CCN(C)C2CC2C(=O)O)cc1. The van der Waals surface area contributed by atoms with Gasteiger partial charge in [-0.25, -0.2) is 0 Å². The van der Waals surface area contributed by atoms with Crippen molar-refractivity contribution < 1.29 is 14.6 Å². The zero-order valence-corrected chi connectivity index (χ0v) is 10.8. The van der Waals surface area contributed by atoms with Crippen LogP contribution in [-0.2, 0) is 11.2 Å². The number of carbonyl (C=O) groups is 1. The second-order valence-electron chi connectivity index (χ2n) is 4.83. The Labute approximate surface area is 107 Å². The van der Waals surface area contributed by atoms with Gasteiger partial charge in [0.15, 0.2) is 0 Å². The van der Waals surface area contributed by atoms with E-state index in [0.29, 0.717) is 0 Å². The monoisotopic (exact) mass is 249 g/mol. The van der Waals surface area contributed by atoms with Gasteiger partial charge in [-0.1, -0.05) is 12.1 Å². The van der Waals surface area contributed by atoms with Gasteiger partial charge >= 0.3 is 5.97 Å². The lowest BCUT2D eigenvalue weighted by Crippen LogP contribution is -2.26. The standard InChI is InChI=1S/C14H19NO3/c1-15(13-9-12(13)14(16)17)8-7-10-3-5-11(18-2)6-4-10/h3-6,12-13H,7-9H2,1-2H3,(H,16,17). The predicted molar refractivity (Wildman–Crippen MR) is 68.9 cm³/mol. The molecular weight excluding hydrogens is 230 g/mol. The van der Waals surface area contributed by atoms with Crippen LogP contribution in [0.4, 0.5) is 0 Å². The van der Waals surface area contributed by atoms with Crippen molar-refractivity contribution >= 4 is 5.97 Å². The Morgan fingerprint density at radius 1 is 1.44 bits per heavy atom. The van der Waals surface area contributed by atoms with Gasteiger partial charge in [0.1, 0.15) is 5.75 Å². The first-order valence-corrected chi connectivity index (χ1v) is 6.18. The van der Waals surface area contributed by atoms with Crippen molar-refractivity contribution in [2.75, 3.05) is 20.7 Å². The summed E-state index contributed by atoms with van der Waals surface area (Å²) in [6.45, 7) is 0.890. The molecule has 1 saturated carbocycles. The number of benzene rings is 1. The van der Waals surface area contributed by atoms with Gasteiger partial charge in [0, 0.05) is 12.6 Å². The summed E-state index contributed by atoms with van der Waals surface area (Å²) in [4.78, 5) is 12.9. The lowest BCUT2D eigenvalue weighted by atomic mass is 10.1. The maximum atomic E-state index is 10.8. The van der Waals surface area contributed by atoms with Crippen LogP contribution in [0, 0.1) is 5.92 Å². The Morgan fingerprint density at radius 2 is 2.11 bits per heavy atom. The molecule has 18 heavy (non-hydrogen) atoms. The quantitative estimate of drug-likeness (QED) is 0.832. The zero-order chi connectivity index (χ0) is 13.1. The van der Waals surface area contributed by atoms with Gasteiger partial charge < -0.3 is 14.7 Å². The van der Waals surface area contributed by atoms with Gasteiger partial charge in [-0.15, -0.1) is 0 Å². The van der Waals surface area contributed by atoms with Crippen LogP contribution in [0.2, 0.25) is 0 Å². The summed E-state index contributed by atoms with van der Waals surface area (Å²) < 4.78 is 5.11. The van der Waals surface area contributed by atoms with Crippen LogP contribution in [0.15, 0.2) is 24.3 Å². The third kappa shape index (κ3) is 3.01. The van der Waals surface area contributed by atoms with E-state index in [0.717, 1.165) is 25.1 Å². The van der Waals surface area contributed by atoms with Crippen LogP contribution in [-0.4, -0.2) is 42.7 Å². The number of nitrogens with zero attached hydrogens (tertiary/aromatic N) is 1. The summed E-state index contributed by atoms with van der Waals surface area (Å²) in [5.41, 5.74) is 1.25. The minimum Gasteiger partial charge on any atom is -0.497 e. The Hall–Kier alpha value is -1.55. The molecule has 1 aromatic rings. The molecule has 0 radical (unpaired) electrons. The van der Waals surface area contributed by atoms with E-state index < -0.39 is 5.97 Å². The van der Waals surface area contributed by atoms with Gasteiger partial charge in [-0.3, -0.25) is 4.79 Å². The van der Waals surface area contributed by atoms with Crippen LogP contribution in [0.3, 0.4) is 0 Å². The number of ether oxygens (including phenoxy) is 1. The van der Waals surface area contributed by atoms with Crippen LogP contribution in [0.25, 0.3) is 0 Å². The van der Waals surface area contributed by atoms with Crippen LogP contribution in [0.1, 0.15) is 12.0 Å².